The van der Waals surface area contributed by atoms with Crippen molar-refractivity contribution in [2.24, 2.45) is 0 Å². The number of pyridine rings is 2. The van der Waals surface area contributed by atoms with Gasteiger partial charge in [0.05, 0.1) is 29.0 Å². The molecule has 5 aromatic rings. The highest BCUT2D eigenvalue weighted by molar-refractivity contribution is 6.39. The van der Waals surface area contributed by atoms with Gasteiger partial charge in [-0.2, -0.15) is 0 Å². The number of hydrogen-bond acceptors (Lipinski definition) is 8. The van der Waals surface area contributed by atoms with E-state index in [1.807, 2.05) is 60.7 Å². The number of nitrogens with one attached hydrogen (secondary N) is 2. The number of amides is 1. The van der Waals surface area contributed by atoms with Crippen LogP contribution in [0.5, 0.6) is 5.88 Å². The van der Waals surface area contributed by atoms with E-state index in [0.29, 0.717) is 65.4 Å². The fraction of sp³-hybridized carbons (Fsp3) is 0.297. The van der Waals surface area contributed by atoms with E-state index in [9.17, 15) is 14.7 Å². The molecule has 2 atom stereocenters. The third-order valence-corrected chi connectivity index (χ3v) is 10.0. The van der Waals surface area contributed by atoms with Gasteiger partial charge in [0, 0.05) is 91.0 Å². The van der Waals surface area contributed by atoms with Crippen LogP contribution in [0.1, 0.15) is 30.4 Å². The fourth-order valence-corrected chi connectivity index (χ4v) is 7.29. The number of fused-ring (bicyclic) bond motifs is 1. The molecule has 3 aromatic heterocycles. The quantitative estimate of drug-likeness (QED) is 0.179. The predicted molar refractivity (Wildman–Crippen MR) is 191 cm³/mol. The third-order valence-electron chi connectivity index (χ3n) is 9.22. The summed E-state index contributed by atoms with van der Waals surface area (Å²) in [6, 6.07) is 19.3. The molecule has 1 amide bonds. The molecule has 0 unspecified atom stereocenters. The zero-order valence-corrected chi connectivity index (χ0v) is 28.5. The first kappa shape index (κ1) is 33.2. The molecule has 2 aromatic carbocycles. The average molecular weight is 700 g/mol. The van der Waals surface area contributed by atoms with Crippen molar-refractivity contribution >= 4 is 34.8 Å². The number of carbonyl (C=O) groups excluding carboxylic acids is 1. The summed E-state index contributed by atoms with van der Waals surface area (Å²) in [5.74, 6) is 0.583. The van der Waals surface area contributed by atoms with Crippen molar-refractivity contribution in [2.45, 2.75) is 44.5 Å². The van der Waals surface area contributed by atoms with Gasteiger partial charge >= 0.3 is 0 Å². The second kappa shape index (κ2) is 14.3. The monoisotopic (exact) mass is 698 g/mol. The number of aromatic nitrogens is 3. The summed E-state index contributed by atoms with van der Waals surface area (Å²) in [6.07, 6.45) is 5.10. The van der Waals surface area contributed by atoms with Crippen molar-refractivity contribution in [1.29, 1.82) is 0 Å². The maximum absolute atomic E-state index is 13.2. The summed E-state index contributed by atoms with van der Waals surface area (Å²) in [7, 11) is 1.60. The van der Waals surface area contributed by atoms with Gasteiger partial charge in [-0.15, -0.1) is 0 Å². The lowest BCUT2D eigenvalue weighted by Gasteiger charge is -2.18. The van der Waals surface area contributed by atoms with Crippen LogP contribution < -0.4 is 20.9 Å². The van der Waals surface area contributed by atoms with Crippen molar-refractivity contribution in [1.82, 2.24) is 29.9 Å². The molecule has 0 radical (unpaired) electrons. The van der Waals surface area contributed by atoms with Gasteiger partial charge in [0.25, 0.3) is 5.56 Å². The lowest BCUT2D eigenvalue weighted by Crippen LogP contribution is -2.36. The SMILES string of the molecule is COc1nc(-c2cccc(-c3cccc(-c4ccn5c(=O)c(CNC[C@@H]6CCC(=O)N6)cnc5c4)c3Cl)c2Cl)ccc1CN1CC[C@H](O)C1. The molecule has 252 valence electrons. The van der Waals surface area contributed by atoms with Crippen molar-refractivity contribution in [2.75, 3.05) is 26.7 Å². The van der Waals surface area contributed by atoms with E-state index in [0.717, 1.165) is 52.8 Å². The van der Waals surface area contributed by atoms with Crippen molar-refractivity contribution in [3.8, 4) is 39.4 Å². The molecule has 12 heteroatoms. The molecule has 3 N–H and O–H groups in total. The minimum Gasteiger partial charge on any atom is -0.481 e. The number of rotatable bonds is 10. The topological polar surface area (TPSA) is 121 Å². The van der Waals surface area contributed by atoms with Crippen molar-refractivity contribution < 1.29 is 14.6 Å². The van der Waals surface area contributed by atoms with Crippen LogP contribution >= 0.6 is 23.2 Å². The second-order valence-electron chi connectivity index (χ2n) is 12.5. The number of aliphatic hydroxyl groups excluding tert-OH is 1. The van der Waals surface area contributed by atoms with Gasteiger partial charge in [-0.1, -0.05) is 65.7 Å². The molecule has 5 heterocycles. The van der Waals surface area contributed by atoms with E-state index in [1.54, 1.807) is 19.5 Å². The number of ether oxygens (including phenoxy) is 1. The number of likely N-dealkylation sites (tertiary alicyclic amines) is 1. The Hall–Kier alpha value is -4.32. The number of aliphatic hydroxyl groups is 1. The van der Waals surface area contributed by atoms with Crippen molar-refractivity contribution in [3.05, 3.63) is 105 Å². The molecule has 2 fully saturated rings. The Labute approximate surface area is 293 Å². The first-order valence-corrected chi connectivity index (χ1v) is 17.1. The molecule has 7 rings (SSSR count). The Morgan fingerprint density at radius 1 is 0.980 bits per heavy atom. The van der Waals surface area contributed by atoms with E-state index in [-0.39, 0.29) is 23.6 Å². The summed E-state index contributed by atoms with van der Waals surface area (Å²) >= 11 is 14.2. The summed E-state index contributed by atoms with van der Waals surface area (Å²) in [5.41, 5.74) is 6.34. The van der Waals surface area contributed by atoms with Crippen LogP contribution in [0.2, 0.25) is 10.0 Å². The van der Waals surface area contributed by atoms with E-state index in [4.69, 9.17) is 32.9 Å². The van der Waals surface area contributed by atoms with Crippen LogP contribution in [0.15, 0.2) is 77.9 Å². The highest BCUT2D eigenvalue weighted by Crippen LogP contribution is 2.42. The second-order valence-corrected chi connectivity index (χ2v) is 13.3. The Kier molecular flexibility index (Phi) is 9.66. The Morgan fingerprint density at radius 3 is 2.45 bits per heavy atom. The van der Waals surface area contributed by atoms with Crippen LogP contribution in [0, 0.1) is 0 Å². The Bertz CT molecular complexity index is 2100. The summed E-state index contributed by atoms with van der Waals surface area (Å²) in [5, 5.41) is 17.1. The van der Waals surface area contributed by atoms with E-state index in [2.05, 4.69) is 20.5 Å². The Balaban J connectivity index is 1.14. The summed E-state index contributed by atoms with van der Waals surface area (Å²) < 4.78 is 7.19. The van der Waals surface area contributed by atoms with Gasteiger partial charge in [-0.25, -0.2) is 9.97 Å². The minimum absolute atomic E-state index is 0.0632. The third kappa shape index (κ3) is 6.92. The molecular formula is C37H36Cl2N6O4. The molecule has 2 aliphatic heterocycles. The molecule has 2 aliphatic rings. The van der Waals surface area contributed by atoms with Gasteiger partial charge in [0.1, 0.15) is 5.65 Å². The lowest BCUT2D eigenvalue weighted by atomic mass is 9.97. The maximum atomic E-state index is 13.2. The molecule has 0 saturated carbocycles. The minimum atomic E-state index is -0.298. The van der Waals surface area contributed by atoms with E-state index >= 15 is 0 Å². The molecule has 10 nitrogen and oxygen atoms in total. The number of nitrogens with zero attached hydrogens (tertiary/aromatic N) is 4. The number of hydrogen-bond donors (Lipinski definition) is 3. The Morgan fingerprint density at radius 2 is 1.73 bits per heavy atom. The van der Waals surface area contributed by atoms with Gasteiger partial charge in [-0.05, 0) is 36.6 Å². The number of halogens is 2. The zero-order chi connectivity index (χ0) is 34.1. The van der Waals surface area contributed by atoms with E-state index < -0.39 is 0 Å². The summed E-state index contributed by atoms with van der Waals surface area (Å²) in [4.78, 5) is 36.3. The number of benzene rings is 2. The average Bonchev–Trinajstić information content (AvgIpc) is 3.72. The predicted octanol–water partition coefficient (Wildman–Crippen LogP) is 5.34. The normalized spacial score (nSPS) is 17.9. The highest BCUT2D eigenvalue weighted by atomic mass is 35.5. The van der Waals surface area contributed by atoms with Gasteiger partial charge in [0.15, 0.2) is 0 Å². The van der Waals surface area contributed by atoms with Crippen LogP contribution in [-0.4, -0.2) is 69.2 Å². The standard InChI is InChI=1S/C37H36Cl2N6O4/c1-49-36-23(20-44-14-13-26(46)21-44)8-10-31(43-36)30-7-3-6-29(35(30)39)28-5-2-4-27(34(28)38)22-12-15-45-32(16-22)41-18-24(37(45)48)17-40-19-25-9-11-33(47)42-25/h2-8,10,12,15-16,18,25-26,40,46H,9,11,13-14,17,19-21H2,1H3,(H,42,47)/t25-,26-/m0/s1. The maximum Gasteiger partial charge on any atom is 0.262 e. The largest absolute Gasteiger partial charge is 0.481 e. The molecule has 2 saturated heterocycles. The molecule has 0 bridgehead atoms. The first-order valence-electron chi connectivity index (χ1n) is 16.3. The molecule has 49 heavy (non-hydrogen) atoms. The zero-order valence-electron chi connectivity index (χ0n) is 27.0. The molecule has 0 aliphatic carbocycles. The molecule has 0 spiro atoms. The van der Waals surface area contributed by atoms with Crippen LogP contribution in [0.25, 0.3) is 39.2 Å². The van der Waals surface area contributed by atoms with Crippen LogP contribution in [-0.2, 0) is 17.9 Å². The molecular weight excluding hydrogens is 663 g/mol. The number of β-amino-alcohol motifs (C(OH)–C–C–N with tert-alkyl or cyclic N) is 1. The van der Waals surface area contributed by atoms with Crippen LogP contribution in [0.4, 0.5) is 0 Å². The van der Waals surface area contributed by atoms with Gasteiger partial charge < -0.3 is 20.5 Å². The highest BCUT2D eigenvalue weighted by Gasteiger charge is 2.23. The van der Waals surface area contributed by atoms with Crippen molar-refractivity contribution in [3.63, 3.8) is 0 Å². The fourth-order valence-electron chi connectivity index (χ4n) is 6.63. The van der Waals surface area contributed by atoms with Gasteiger partial charge in [0.2, 0.25) is 11.8 Å². The smallest absolute Gasteiger partial charge is 0.262 e. The lowest BCUT2D eigenvalue weighted by molar-refractivity contribution is -0.119. The number of carbonyl (C=O) groups is 1. The van der Waals surface area contributed by atoms with Gasteiger partial charge in [-0.3, -0.25) is 18.9 Å². The first-order chi connectivity index (χ1) is 23.8. The van der Waals surface area contributed by atoms with Crippen LogP contribution in [0.3, 0.4) is 0 Å². The summed E-state index contributed by atoms with van der Waals surface area (Å²) in [6.45, 7) is 3.05. The van der Waals surface area contributed by atoms with E-state index in [1.165, 1.54) is 4.40 Å². The number of methoxy groups -OCH3 is 1.